The van der Waals surface area contributed by atoms with Crippen molar-refractivity contribution in [2.24, 2.45) is 0 Å². The van der Waals surface area contributed by atoms with E-state index in [1.807, 2.05) is 5.32 Å². The van der Waals surface area contributed by atoms with Crippen LogP contribution in [0.1, 0.15) is 29.8 Å². The third-order valence-corrected chi connectivity index (χ3v) is 4.35. The summed E-state index contributed by atoms with van der Waals surface area (Å²) in [7, 11) is 0. The van der Waals surface area contributed by atoms with Crippen LogP contribution < -0.4 is 10.8 Å². The minimum absolute atomic E-state index is 0.0162. The predicted molar refractivity (Wildman–Crippen MR) is 100 cm³/mol. The van der Waals surface area contributed by atoms with Crippen LogP contribution in [0.15, 0.2) is 24.3 Å². The van der Waals surface area contributed by atoms with E-state index in [2.05, 4.69) is 23.7 Å². The first kappa shape index (κ1) is 22.8. The maximum absolute atomic E-state index is 13.0. The Morgan fingerprint density at radius 1 is 1.23 bits per heavy atom. The maximum Gasteiger partial charge on any atom is 0.269 e. The first-order valence-electron chi connectivity index (χ1n) is 8.72. The third kappa shape index (κ3) is 5.54. The molecule has 1 fully saturated rings. The molecule has 0 aromatic heterocycles. The van der Waals surface area contributed by atoms with Gasteiger partial charge in [0, 0.05) is 18.1 Å². The summed E-state index contributed by atoms with van der Waals surface area (Å²) < 4.78 is 26.0. The summed E-state index contributed by atoms with van der Waals surface area (Å²) in [6, 6.07) is 3.44. The van der Waals surface area contributed by atoms with Crippen molar-refractivity contribution in [3.05, 3.63) is 35.4 Å². The van der Waals surface area contributed by atoms with Gasteiger partial charge in [-0.25, -0.2) is 14.3 Å². The van der Waals surface area contributed by atoms with Gasteiger partial charge >= 0.3 is 0 Å². The van der Waals surface area contributed by atoms with Crippen molar-refractivity contribution in [1.29, 1.82) is 0 Å². The van der Waals surface area contributed by atoms with Crippen molar-refractivity contribution in [1.82, 2.24) is 15.7 Å². The van der Waals surface area contributed by atoms with Crippen molar-refractivity contribution < 1.29 is 33.5 Å². The molecule has 0 radical (unpaired) electrons. The lowest BCUT2D eigenvalue weighted by Gasteiger charge is -2.30. The summed E-state index contributed by atoms with van der Waals surface area (Å²) in [5, 5.41) is 20.5. The number of nitrogens with zero attached hydrogens (tertiary/aromatic N) is 1. The average Bonchev–Trinajstić information content (AvgIpc) is 3.49. The van der Waals surface area contributed by atoms with Gasteiger partial charge in [0.25, 0.3) is 18.2 Å². The molecule has 1 aliphatic rings. The molecule has 1 aliphatic heterocycles. The molecule has 1 heterocycles. The standard InChI is InChI=1S/C20H19F2N3O5/c1-12(26)25-11-15(25)6-4-3-5-13-7-9-14(10-8-13)17(27)23-16(18(28)24-30)20(2,29)19(21)22/h7-10,15-16,19,29-30H,11H2,1-2H3,(H,23,27)(H,24,28). The molecule has 0 bridgehead atoms. The lowest BCUT2D eigenvalue weighted by Crippen LogP contribution is -2.61. The maximum atomic E-state index is 13.0. The number of hydrogen-bond donors (Lipinski definition) is 4. The molecule has 0 aliphatic carbocycles. The molecule has 3 atom stereocenters. The zero-order valence-corrected chi connectivity index (χ0v) is 16.1. The van der Waals surface area contributed by atoms with Gasteiger partial charge in [-0.3, -0.25) is 19.6 Å². The van der Waals surface area contributed by atoms with E-state index >= 15 is 0 Å². The molecule has 3 amide bonds. The highest BCUT2D eigenvalue weighted by Crippen LogP contribution is 2.20. The predicted octanol–water partition coefficient (Wildman–Crippen LogP) is -0.108. The number of halogens is 2. The summed E-state index contributed by atoms with van der Waals surface area (Å²) >= 11 is 0. The number of carbonyl (C=O) groups excluding carboxylic acids is 3. The summed E-state index contributed by atoms with van der Waals surface area (Å²) in [6.45, 7) is 2.70. The first-order valence-corrected chi connectivity index (χ1v) is 8.72. The van der Waals surface area contributed by atoms with Crippen LogP contribution >= 0.6 is 0 Å². The number of benzene rings is 1. The lowest BCUT2D eigenvalue weighted by molar-refractivity contribution is -0.149. The Balaban J connectivity index is 2.04. The largest absolute Gasteiger partial charge is 0.381 e. The van der Waals surface area contributed by atoms with Gasteiger partial charge in [-0.15, -0.1) is 0 Å². The molecule has 0 spiro atoms. The topological polar surface area (TPSA) is 119 Å². The van der Waals surface area contributed by atoms with E-state index in [1.54, 1.807) is 4.90 Å². The zero-order valence-electron chi connectivity index (χ0n) is 16.1. The highest BCUT2D eigenvalue weighted by molar-refractivity contribution is 5.97. The van der Waals surface area contributed by atoms with Gasteiger partial charge in [0.2, 0.25) is 5.91 Å². The normalized spacial score (nSPS) is 17.4. The molecule has 1 aromatic carbocycles. The van der Waals surface area contributed by atoms with Gasteiger partial charge in [-0.05, 0) is 43.0 Å². The third-order valence-electron chi connectivity index (χ3n) is 4.35. The summed E-state index contributed by atoms with van der Waals surface area (Å²) in [5.41, 5.74) is -1.23. The summed E-state index contributed by atoms with van der Waals surface area (Å²) in [5.74, 6) is 8.47. The fraction of sp³-hybridized carbons (Fsp3) is 0.350. The smallest absolute Gasteiger partial charge is 0.269 e. The number of hydroxylamine groups is 1. The molecule has 158 valence electrons. The van der Waals surface area contributed by atoms with Crippen LogP contribution in [0.2, 0.25) is 0 Å². The van der Waals surface area contributed by atoms with E-state index in [4.69, 9.17) is 5.21 Å². The van der Waals surface area contributed by atoms with E-state index in [0.29, 0.717) is 19.0 Å². The van der Waals surface area contributed by atoms with Gasteiger partial charge in [0.15, 0.2) is 5.60 Å². The van der Waals surface area contributed by atoms with Crippen molar-refractivity contribution in [2.75, 3.05) is 6.54 Å². The Kier molecular flexibility index (Phi) is 7.11. The average molecular weight is 419 g/mol. The molecule has 30 heavy (non-hydrogen) atoms. The Morgan fingerprint density at radius 3 is 2.37 bits per heavy atom. The minimum atomic E-state index is -3.36. The van der Waals surface area contributed by atoms with E-state index in [1.165, 1.54) is 31.2 Å². The van der Waals surface area contributed by atoms with Gasteiger partial charge in [-0.1, -0.05) is 11.8 Å². The van der Waals surface area contributed by atoms with Crippen molar-refractivity contribution in [3.8, 4) is 23.7 Å². The monoisotopic (exact) mass is 419 g/mol. The molecule has 3 unspecified atom stereocenters. The number of rotatable bonds is 5. The molecule has 2 rings (SSSR count). The Hall–Kier alpha value is -3.47. The molecule has 1 saturated heterocycles. The van der Waals surface area contributed by atoms with Crippen LogP contribution in [-0.4, -0.2) is 63.6 Å². The number of carbonyl (C=O) groups is 3. The van der Waals surface area contributed by atoms with Gasteiger partial charge in [0.05, 0.1) is 6.54 Å². The van der Waals surface area contributed by atoms with E-state index in [0.717, 1.165) is 5.48 Å². The van der Waals surface area contributed by atoms with Crippen LogP contribution in [0.25, 0.3) is 0 Å². The zero-order chi connectivity index (χ0) is 22.5. The van der Waals surface area contributed by atoms with Gasteiger partial charge < -0.3 is 15.3 Å². The number of aliphatic hydroxyl groups is 1. The molecular formula is C20H19F2N3O5. The van der Waals surface area contributed by atoms with Gasteiger partial charge in [0.1, 0.15) is 12.1 Å². The number of nitrogens with one attached hydrogen (secondary N) is 2. The quantitative estimate of drug-likeness (QED) is 0.230. The SMILES string of the molecule is CC(=O)N1CC1C#CC#Cc1ccc(C(=O)NC(C(=O)NO)C(C)(O)C(F)F)cc1. The summed E-state index contributed by atoms with van der Waals surface area (Å²) in [6.07, 6.45) is -3.36. The van der Waals surface area contributed by atoms with Crippen molar-refractivity contribution >= 4 is 17.7 Å². The van der Waals surface area contributed by atoms with Crippen LogP contribution in [0, 0.1) is 23.7 Å². The van der Waals surface area contributed by atoms with E-state index in [-0.39, 0.29) is 17.5 Å². The fourth-order valence-corrected chi connectivity index (χ4v) is 2.42. The fourth-order valence-electron chi connectivity index (χ4n) is 2.42. The molecule has 4 N–H and O–H groups in total. The second kappa shape index (κ2) is 9.35. The molecule has 10 heteroatoms. The second-order valence-corrected chi connectivity index (χ2v) is 6.69. The second-order valence-electron chi connectivity index (χ2n) is 6.69. The molecular weight excluding hydrogens is 400 g/mol. The van der Waals surface area contributed by atoms with Crippen molar-refractivity contribution in [2.45, 2.75) is 38.0 Å². The molecule has 8 nitrogen and oxygen atoms in total. The Morgan fingerprint density at radius 2 is 1.87 bits per heavy atom. The molecule has 0 saturated carbocycles. The lowest BCUT2D eigenvalue weighted by atomic mass is 9.95. The first-order chi connectivity index (χ1) is 14.1. The van der Waals surface area contributed by atoms with Crippen LogP contribution in [-0.2, 0) is 9.59 Å². The van der Waals surface area contributed by atoms with Crippen LogP contribution in [0.5, 0.6) is 0 Å². The number of hydrogen-bond acceptors (Lipinski definition) is 5. The van der Waals surface area contributed by atoms with E-state index < -0.39 is 29.9 Å². The Labute approximate surface area is 171 Å². The highest BCUT2D eigenvalue weighted by Gasteiger charge is 2.46. The highest BCUT2D eigenvalue weighted by atomic mass is 19.3. The van der Waals surface area contributed by atoms with Crippen LogP contribution in [0.3, 0.4) is 0 Å². The number of amides is 3. The van der Waals surface area contributed by atoms with Crippen LogP contribution in [0.4, 0.5) is 8.78 Å². The summed E-state index contributed by atoms with van der Waals surface area (Å²) in [4.78, 5) is 36.5. The van der Waals surface area contributed by atoms with E-state index in [9.17, 15) is 28.3 Å². The molecule has 1 aromatic rings. The van der Waals surface area contributed by atoms with Crippen molar-refractivity contribution in [3.63, 3.8) is 0 Å². The number of alkyl halides is 2. The minimum Gasteiger partial charge on any atom is -0.381 e. The Bertz CT molecular complexity index is 955. The van der Waals surface area contributed by atoms with Gasteiger partial charge in [-0.2, -0.15) is 0 Å².